The lowest BCUT2D eigenvalue weighted by Crippen LogP contribution is -2.28. The normalized spacial score (nSPS) is 15.7. The van der Waals surface area contributed by atoms with E-state index in [4.69, 9.17) is 4.99 Å². The fourth-order valence-electron chi connectivity index (χ4n) is 7.73. The van der Waals surface area contributed by atoms with Crippen LogP contribution in [0.1, 0.15) is 45.1 Å². The summed E-state index contributed by atoms with van der Waals surface area (Å²) in [5, 5.41) is 3.71. The van der Waals surface area contributed by atoms with Crippen molar-refractivity contribution in [3.8, 4) is 22.3 Å². The van der Waals surface area contributed by atoms with Gasteiger partial charge in [-0.25, -0.2) is 0 Å². The van der Waals surface area contributed by atoms with Crippen LogP contribution in [0.4, 0.5) is 0 Å². The van der Waals surface area contributed by atoms with Crippen molar-refractivity contribution in [3.63, 3.8) is 0 Å². The van der Waals surface area contributed by atoms with Crippen LogP contribution in [0.2, 0.25) is 0 Å². The Morgan fingerprint density at radius 1 is 0.429 bits per heavy atom. The van der Waals surface area contributed by atoms with Crippen molar-refractivity contribution in [2.75, 3.05) is 0 Å². The zero-order valence-corrected chi connectivity index (χ0v) is 27.0. The van der Waals surface area contributed by atoms with E-state index in [0.29, 0.717) is 0 Å². The van der Waals surface area contributed by atoms with Crippen molar-refractivity contribution in [1.82, 2.24) is 5.32 Å². The number of rotatable bonds is 6. The molecule has 1 aliphatic heterocycles. The Bertz CT molecular complexity index is 2280. The summed E-state index contributed by atoms with van der Waals surface area (Å²) < 4.78 is 0. The van der Waals surface area contributed by atoms with Crippen molar-refractivity contribution in [3.05, 3.63) is 233 Å². The van der Waals surface area contributed by atoms with Crippen LogP contribution in [0.5, 0.6) is 0 Å². The second kappa shape index (κ2) is 12.1. The number of allylic oxidation sites excluding steroid dienone is 1. The summed E-state index contributed by atoms with van der Waals surface area (Å²) >= 11 is 0. The van der Waals surface area contributed by atoms with Crippen LogP contribution in [-0.4, -0.2) is 5.71 Å². The van der Waals surface area contributed by atoms with Crippen molar-refractivity contribution in [2.24, 2.45) is 4.99 Å². The van der Waals surface area contributed by atoms with E-state index < -0.39 is 5.41 Å². The molecule has 2 aliphatic rings. The van der Waals surface area contributed by atoms with Gasteiger partial charge in [0.25, 0.3) is 0 Å². The Morgan fingerprint density at radius 2 is 0.959 bits per heavy atom. The summed E-state index contributed by atoms with van der Waals surface area (Å²) in [4.78, 5) is 5.11. The number of fused-ring (bicyclic) bond motifs is 3. The van der Waals surface area contributed by atoms with Gasteiger partial charge in [0.1, 0.15) is 6.17 Å². The highest BCUT2D eigenvalue weighted by Crippen LogP contribution is 2.56. The third kappa shape index (κ3) is 4.92. The molecular formula is C47H34N2. The third-order valence-electron chi connectivity index (χ3n) is 10.0. The van der Waals surface area contributed by atoms with Gasteiger partial charge in [0.2, 0.25) is 0 Å². The zero-order chi connectivity index (χ0) is 32.6. The molecule has 1 heterocycles. The van der Waals surface area contributed by atoms with Gasteiger partial charge in [0.05, 0.1) is 11.1 Å². The molecular weight excluding hydrogens is 593 g/mol. The fourth-order valence-corrected chi connectivity index (χ4v) is 7.73. The number of benzene rings is 7. The molecule has 1 atom stereocenters. The summed E-state index contributed by atoms with van der Waals surface area (Å²) in [6.07, 6.45) is 2.00. The van der Waals surface area contributed by atoms with E-state index in [1.54, 1.807) is 0 Å². The first-order valence-electron chi connectivity index (χ1n) is 16.9. The highest BCUT2D eigenvalue weighted by molar-refractivity contribution is 6.13. The summed E-state index contributed by atoms with van der Waals surface area (Å²) in [6, 6.07) is 67.8. The molecule has 2 heteroatoms. The van der Waals surface area contributed by atoms with Gasteiger partial charge in [-0.2, -0.15) is 0 Å². The van der Waals surface area contributed by atoms with Gasteiger partial charge in [0, 0.05) is 5.70 Å². The molecule has 0 radical (unpaired) electrons. The molecule has 232 valence electrons. The lowest BCUT2D eigenvalue weighted by atomic mass is 9.67. The van der Waals surface area contributed by atoms with E-state index in [1.807, 2.05) is 12.1 Å². The molecule has 1 aliphatic carbocycles. The molecule has 0 saturated heterocycles. The van der Waals surface area contributed by atoms with Crippen molar-refractivity contribution >= 4 is 11.4 Å². The van der Waals surface area contributed by atoms with Crippen LogP contribution < -0.4 is 5.32 Å². The van der Waals surface area contributed by atoms with Crippen LogP contribution in [0.25, 0.3) is 28.0 Å². The fraction of sp³-hybridized carbons (Fsp3) is 0.0426. The molecule has 0 amide bonds. The van der Waals surface area contributed by atoms with E-state index >= 15 is 0 Å². The number of nitrogens with zero attached hydrogens (tertiary/aromatic N) is 1. The van der Waals surface area contributed by atoms with Crippen molar-refractivity contribution in [1.29, 1.82) is 0 Å². The first-order valence-corrected chi connectivity index (χ1v) is 16.9. The van der Waals surface area contributed by atoms with Crippen LogP contribution in [-0.2, 0) is 5.41 Å². The Kier molecular flexibility index (Phi) is 7.13. The highest BCUT2D eigenvalue weighted by Gasteiger charge is 2.46. The highest BCUT2D eigenvalue weighted by atomic mass is 15.1. The van der Waals surface area contributed by atoms with Gasteiger partial charge in [-0.05, 0) is 73.3 Å². The molecule has 2 nitrogen and oxygen atoms in total. The lowest BCUT2D eigenvalue weighted by molar-refractivity contribution is 0.664. The van der Waals surface area contributed by atoms with Crippen LogP contribution in [0, 0.1) is 0 Å². The molecule has 0 saturated carbocycles. The van der Waals surface area contributed by atoms with Gasteiger partial charge in [-0.1, -0.05) is 182 Å². The Morgan fingerprint density at radius 3 is 1.63 bits per heavy atom. The molecule has 0 aromatic heterocycles. The largest absolute Gasteiger partial charge is 0.360 e. The molecule has 7 aromatic carbocycles. The molecule has 7 aromatic rings. The molecule has 0 bridgehead atoms. The molecule has 0 spiro atoms. The van der Waals surface area contributed by atoms with Crippen molar-refractivity contribution < 1.29 is 0 Å². The minimum Gasteiger partial charge on any atom is -0.360 e. The maximum Gasteiger partial charge on any atom is 0.145 e. The number of hydrogen-bond donors (Lipinski definition) is 1. The van der Waals surface area contributed by atoms with E-state index in [-0.39, 0.29) is 6.17 Å². The lowest BCUT2D eigenvalue weighted by Gasteiger charge is -2.34. The van der Waals surface area contributed by atoms with Gasteiger partial charge in [0.15, 0.2) is 0 Å². The SMILES string of the molecule is C1=C(c2ccc(-c3ccc4c(c3)C(c3ccccc3)(c3ccccc3)c3ccccc3-4)cc2)NC(c2ccccc2)N=C1c1ccccc1. The molecule has 0 fully saturated rings. The standard InChI is InChI=1S/C47H34N2/c1-5-15-34(16-6-1)44-32-45(49-46(48-44)36-17-7-2-8-18-36)35-27-25-33(26-28-35)37-29-30-41-40-23-13-14-24-42(40)47(43(41)31-37,38-19-9-3-10-20-38)39-21-11-4-12-22-39/h1-32,46,49H. The van der Waals surface area contributed by atoms with Gasteiger partial charge in [-0.15, -0.1) is 0 Å². The summed E-state index contributed by atoms with van der Waals surface area (Å²) in [5.74, 6) is 0. The molecule has 9 rings (SSSR count). The maximum atomic E-state index is 5.11. The number of hydrogen-bond acceptors (Lipinski definition) is 2. The average molecular weight is 627 g/mol. The average Bonchev–Trinajstić information content (AvgIpc) is 3.49. The van der Waals surface area contributed by atoms with Gasteiger partial charge < -0.3 is 5.32 Å². The minimum atomic E-state index is -0.416. The van der Waals surface area contributed by atoms with Gasteiger partial charge >= 0.3 is 0 Å². The predicted molar refractivity (Wildman–Crippen MR) is 202 cm³/mol. The van der Waals surface area contributed by atoms with E-state index in [0.717, 1.165) is 28.1 Å². The first kappa shape index (κ1) is 28.9. The monoisotopic (exact) mass is 626 g/mol. The smallest absolute Gasteiger partial charge is 0.145 e. The third-order valence-corrected chi connectivity index (χ3v) is 10.0. The molecule has 1 N–H and O–H groups in total. The topological polar surface area (TPSA) is 24.4 Å². The Labute approximate surface area is 287 Å². The van der Waals surface area contributed by atoms with Gasteiger partial charge in [-0.3, -0.25) is 4.99 Å². The Balaban J connectivity index is 1.14. The Hall–Kier alpha value is -6.25. The summed E-state index contributed by atoms with van der Waals surface area (Å²) in [5.41, 5.74) is 15.2. The number of aliphatic imine (C=N–C) groups is 1. The minimum absolute atomic E-state index is 0.168. The summed E-state index contributed by atoms with van der Waals surface area (Å²) in [6.45, 7) is 0. The quantitative estimate of drug-likeness (QED) is 0.195. The second-order valence-electron chi connectivity index (χ2n) is 12.8. The van der Waals surface area contributed by atoms with Crippen LogP contribution >= 0.6 is 0 Å². The zero-order valence-electron chi connectivity index (χ0n) is 27.0. The van der Waals surface area contributed by atoms with Crippen LogP contribution in [0.15, 0.2) is 199 Å². The van der Waals surface area contributed by atoms with E-state index in [1.165, 1.54) is 44.5 Å². The molecule has 49 heavy (non-hydrogen) atoms. The van der Waals surface area contributed by atoms with Crippen molar-refractivity contribution in [2.45, 2.75) is 11.6 Å². The second-order valence-corrected chi connectivity index (χ2v) is 12.8. The number of nitrogens with one attached hydrogen (secondary N) is 1. The van der Waals surface area contributed by atoms with Crippen LogP contribution in [0.3, 0.4) is 0 Å². The van der Waals surface area contributed by atoms with E-state index in [9.17, 15) is 0 Å². The molecule has 1 unspecified atom stereocenters. The predicted octanol–water partition coefficient (Wildman–Crippen LogP) is 10.8. The summed E-state index contributed by atoms with van der Waals surface area (Å²) in [7, 11) is 0. The first-order chi connectivity index (χ1) is 24.3. The van der Waals surface area contributed by atoms with E-state index in [2.05, 4.69) is 187 Å². The maximum absolute atomic E-state index is 5.11.